The second kappa shape index (κ2) is 8.72. The van der Waals surface area contributed by atoms with E-state index in [2.05, 4.69) is 29.4 Å². The van der Waals surface area contributed by atoms with Gasteiger partial charge in [0.2, 0.25) is 5.91 Å². The zero-order valence-electron chi connectivity index (χ0n) is 15.1. The highest BCUT2D eigenvalue weighted by atomic mass is 32.2. The molecule has 0 aliphatic rings. The van der Waals surface area contributed by atoms with Gasteiger partial charge in [-0.1, -0.05) is 36.4 Å². The molecule has 5 heteroatoms. The van der Waals surface area contributed by atoms with Crippen LogP contribution in [0.15, 0.2) is 60.9 Å². The van der Waals surface area contributed by atoms with Crippen molar-refractivity contribution in [1.29, 1.82) is 0 Å². The van der Waals surface area contributed by atoms with E-state index in [-0.39, 0.29) is 5.91 Å². The van der Waals surface area contributed by atoms with E-state index in [1.807, 2.05) is 54.1 Å². The Morgan fingerprint density at radius 2 is 1.88 bits per heavy atom. The standard InChI is InChI=1S/C21H23N3OS/c1-16-5-3-4-6-19(16)14-26-15-21(25)23-13-18-7-9-20(10-8-18)24-12-11-22-17(24)2/h3-12H,13-15H2,1-2H3,(H,23,25). The third kappa shape index (κ3) is 4.76. The van der Waals surface area contributed by atoms with Gasteiger partial charge in [0.25, 0.3) is 0 Å². The Hall–Kier alpha value is -2.53. The predicted molar refractivity (Wildman–Crippen MR) is 107 cm³/mol. The Bertz CT molecular complexity index is 871. The predicted octanol–water partition coefficient (Wildman–Crippen LogP) is 4.04. The largest absolute Gasteiger partial charge is 0.351 e. The van der Waals surface area contributed by atoms with Gasteiger partial charge in [-0.2, -0.15) is 0 Å². The summed E-state index contributed by atoms with van der Waals surface area (Å²) in [4.78, 5) is 16.3. The molecule has 0 radical (unpaired) electrons. The number of benzene rings is 2. The quantitative estimate of drug-likeness (QED) is 0.687. The monoisotopic (exact) mass is 365 g/mol. The SMILES string of the molecule is Cc1ccccc1CSCC(=O)NCc1ccc(-n2ccnc2C)cc1. The second-order valence-electron chi connectivity index (χ2n) is 6.21. The molecular formula is C21H23N3OS. The first-order chi connectivity index (χ1) is 12.6. The Kier molecular flexibility index (Phi) is 6.12. The lowest BCUT2D eigenvalue weighted by Gasteiger charge is -2.09. The lowest BCUT2D eigenvalue weighted by Crippen LogP contribution is -2.24. The molecule has 3 aromatic rings. The van der Waals surface area contributed by atoms with Crippen molar-refractivity contribution in [3.63, 3.8) is 0 Å². The molecule has 0 aliphatic carbocycles. The fourth-order valence-electron chi connectivity index (χ4n) is 2.70. The maximum Gasteiger partial charge on any atom is 0.230 e. The summed E-state index contributed by atoms with van der Waals surface area (Å²) in [5.41, 5.74) is 4.72. The average Bonchev–Trinajstić information content (AvgIpc) is 3.08. The van der Waals surface area contributed by atoms with Gasteiger partial charge in [-0.05, 0) is 42.7 Å². The molecule has 4 nitrogen and oxygen atoms in total. The number of aromatic nitrogens is 2. The summed E-state index contributed by atoms with van der Waals surface area (Å²) in [7, 11) is 0. The highest BCUT2D eigenvalue weighted by molar-refractivity contribution is 7.99. The van der Waals surface area contributed by atoms with Crippen LogP contribution >= 0.6 is 11.8 Å². The molecule has 0 saturated carbocycles. The van der Waals surface area contributed by atoms with E-state index in [9.17, 15) is 4.79 Å². The van der Waals surface area contributed by atoms with E-state index in [0.29, 0.717) is 12.3 Å². The van der Waals surface area contributed by atoms with E-state index in [4.69, 9.17) is 0 Å². The summed E-state index contributed by atoms with van der Waals surface area (Å²) in [5, 5.41) is 2.99. The molecule has 0 spiro atoms. The van der Waals surface area contributed by atoms with Crippen LogP contribution in [-0.2, 0) is 17.1 Å². The minimum Gasteiger partial charge on any atom is -0.351 e. The van der Waals surface area contributed by atoms with Crippen LogP contribution in [0.5, 0.6) is 0 Å². The van der Waals surface area contributed by atoms with Crippen molar-refractivity contribution in [2.24, 2.45) is 0 Å². The normalized spacial score (nSPS) is 10.7. The Morgan fingerprint density at radius 3 is 2.58 bits per heavy atom. The Morgan fingerprint density at radius 1 is 1.12 bits per heavy atom. The Balaban J connectivity index is 1.44. The number of aryl methyl sites for hydroxylation is 2. The summed E-state index contributed by atoms with van der Waals surface area (Å²) in [6.07, 6.45) is 3.73. The third-order valence-corrected chi connectivity index (χ3v) is 5.26. The zero-order chi connectivity index (χ0) is 18.4. The van der Waals surface area contributed by atoms with E-state index in [0.717, 1.165) is 22.8 Å². The molecule has 1 amide bonds. The number of imidazole rings is 1. The molecule has 0 aliphatic heterocycles. The minimum atomic E-state index is 0.0677. The van der Waals surface area contributed by atoms with Gasteiger partial charge in [-0.3, -0.25) is 4.79 Å². The van der Waals surface area contributed by atoms with E-state index in [1.54, 1.807) is 18.0 Å². The van der Waals surface area contributed by atoms with Gasteiger partial charge >= 0.3 is 0 Å². The topological polar surface area (TPSA) is 46.9 Å². The lowest BCUT2D eigenvalue weighted by atomic mass is 10.1. The number of carbonyl (C=O) groups excluding carboxylic acids is 1. The van der Waals surface area contributed by atoms with Crippen LogP contribution in [0.4, 0.5) is 0 Å². The fourth-order valence-corrected chi connectivity index (χ4v) is 3.64. The first-order valence-electron chi connectivity index (χ1n) is 8.61. The van der Waals surface area contributed by atoms with Crippen molar-refractivity contribution in [2.75, 3.05) is 5.75 Å². The van der Waals surface area contributed by atoms with Crippen molar-refractivity contribution in [2.45, 2.75) is 26.1 Å². The average molecular weight is 366 g/mol. The fraction of sp³-hybridized carbons (Fsp3) is 0.238. The molecule has 1 aromatic heterocycles. The molecule has 26 heavy (non-hydrogen) atoms. The molecule has 0 fully saturated rings. The molecule has 1 N–H and O–H groups in total. The first kappa shape index (κ1) is 18.3. The first-order valence-corrected chi connectivity index (χ1v) is 9.77. The summed E-state index contributed by atoms with van der Waals surface area (Å²) in [6.45, 7) is 4.63. The molecule has 134 valence electrons. The number of hydrogen-bond donors (Lipinski definition) is 1. The van der Waals surface area contributed by atoms with Crippen LogP contribution < -0.4 is 5.32 Å². The molecule has 3 rings (SSSR count). The summed E-state index contributed by atoms with van der Waals surface area (Å²) < 4.78 is 2.03. The third-order valence-electron chi connectivity index (χ3n) is 4.28. The van der Waals surface area contributed by atoms with Gasteiger partial charge in [0, 0.05) is 30.4 Å². The van der Waals surface area contributed by atoms with Gasteiger partial charge in [0.05, 0.1) is 5.75 Å². The van der Waals surface area contributed by atoms with Crippen molar-refractivity contribution >= 4 is 17.7 Å². The number of nitrogens with one attached hydrogen (secondary N) is 1. The lowest BCUT2D eigenvalue weighted by molar-refractivity contribution is -0.118. The molecule has 0 saturated heterocycles. The molecular weight excluding hydrogens is 342 g/mol. The van der Waals surface area contributed by atoms with Gasteiger partial charge < -0.3 is 9.88 Å². The van der Waals surface area contributed by atoms with Gasteiger partial charge in [0.15, 0.2) is 0 Å². The van der Waals surface area contributed by atoms with Crippen LogP contribution in [-0.4, -0.2) is 21.2 Å². The Labute approximate surface area is 158 Å². The number of carbonyl (C=O) groups is 1. The summed E-state index contributed by atoms with van der Waals surface area (Å²) in [6, 6.07) is 16.5. The van der Waals surface area contributed by atoms with Crippen molar-refractivity contribution < 1.29 is 4.79 Å². The van der Waals surface area contributed by atoms with E-state index in [1.165, 1.54) is 11.1 Å². The maximum atomic E-state index is 12.0. The van der Waals surface area contributed by atoms with Crippen LogP contribution in [0.2, 0.25) is 0 Å². The number of hydrogen-bond acceptors (Lipinski definition) is 3. The van der Waals surface area contributed by atoms with Crippen molar-refractivity contribution in [3.8, 4) is 5.69 Å². The van der Waals surface area contributed by atoms with Crippen LogP contribution in [0.3, 0.4) is 0 Å². The highest BCUT2D eigenvalue weighted by Crippen LogP contribution is 2.16. The highest BCUT2D eigenvalue weighted by Gasteiger charge is 2.04. The molecule has 1 heterocycles. The van der Waals surface area contributed by atoms with Gasteiger partial charge in [-0.15, -0.1) is 11.8 Å². The van der Waals surface area contributed by atoms with E-state index >= 15 is 0 Å². The number of rotatable bonds is 7. The smallest absolute Gasteiger partial charge is 0.230 e. The number of nitrogens with zero attached hydrogens (tertiary/aromatic N) is 2. The molecule has 0 atom stereocenters. The molecule has 0 unspecified atom stereocenters. The van der Waals surface area contributed by atoms with Crippen LogP contribution in [0.1, 0.15) is 22.5 Å². The zero-order valence-corrected chi connectivity index (χ0v) is 15.9. The molecule has 0 bridgehead atoms. The number of amides is 1. The van der Waals surface area contributed by atoms with Crippen LogP contribution in [0.25, 0.3) is 5.69 Å². The van der Waals surface area contributed by atoms with Crippen molar-refractivity contribution in [1.82, 2.24) is 14.9 Å². The van der Waals surface area contributed by atoms with Gasteiger partial charge in [-0.25, -0.2) is 4.98 Å². The summed E-state index contributed by atoms with van der Waals surface area (Å²) in [5.74, 6) is 2.36. The van der Waals surface area contributed by atoms with Crippen molar-refractivity contribution in [3.05, 3.63) is 83.4 Å². The minimum absolute atomic E-state index is 0.0677. The maximum absolute atomic E-state index is 12.0. The van der Waals surface area contributed by atoms with E-state index < -0.39 is 0 Å². The second-order valence-corrected chi connectivity index (χ2v) is 7.19. The molecule has 2 aromatic carbocycles. The van der Waals surface area contributed by atoms with Gasteiger partial charge in [0.1, 0.15) is 5.82 Å². The summed E-state index contributed by atoms with van der Waals surface area (Å²) >= 11 is 1.64. The van der Waals surface area contributed by atoms with Crippen LogP contribution in [0, 0.1) is 13.8 Å². The number of thioether (sulfide) groups is 1.